The van der Waals surface area contributed by atoms with Crippen molar-refractivity contribution in [1.82, 2.24) is 0 Å². The first-order chi connectivity index (χ1) is 8.36. The van der Waals surface area contributed by atoms with E-state index in [0.717, 1.165) is 0 Å². The number of rotatable bonds is 2. The molecule has 0 aliphatic rings. The summed E-state index contributed by atoms with van der Waals surface area (Å²) in [6.45, 7) is 0. The van der Waals surface area contributed by atoms with E-state index >= 15 is 0 Å². The molecular weight excluding hydrogens is 226 g/mol. The lowest BCUT2D eigenvalue weighted by molar-refractivity contribution is 0.901. The van der Waals surface area contributed by atoms with E-state index in [4.69, 9.17) is 5.73 Å². The largest absolute Gasteiger partial charge is 0.320 e. The second-order valence-corrected chi connectivity index (χ2v) is 4.99. The van der Waals surface area contributed by atoms with Crippen LogP contribution in [0.4, 0.5) is 0 Å². The number of hydrogen-bond acceptors (Lipinski definition) is 2. The smallest absolute Gasteiger partial charge is 0.0652 e. The minimum absolute atomic E-state index is 0.0268. The third-order valence-electron chi connectivity index (χ3n) is 2.98. The predicted molar refractivity (Wildman–Crippen MR) is 74.3 cm³/mol. The Kier molecular flexibility index (Phi) is 2.67. The zero-order valence-corrected chi connectivity index (χ0v) is 10.2. The first kappa shape index (κ1) is 10.5. The minimum Gasteiger partial charge on any atom is -0.320 e. The number of fused-ring (bicyclic) bond motifs is 1. The number of nitrogens with two attached hydrogens (primary N) is 1. The van der Waals surface area contributed by atoms with Gasteiger partial charge in [-0.25, -0.2) is 0 Å². The molecule has 0 aliphatic heterocycles. The van der Waals surface area contributed by atoms with E-state index < -0.39 is 0 Å². The lowest BCUT2D eigenvalue weighted by Crippen LogP contribution is -2.10. The monoisotopic (exact) mass is 239 g/mol. The summed E-state index contributed by atoms with van der Waals surface area (Å²) >= 11 is 1.74. The molecule has 0 saturated carbocycles. The number of benzene rings is 2. The maximum atomic E-state index is 6.34. The molecule has 1 aromatic heterocycles. The summed E-state index contributed by atoms with van der Waals surface area (Å²) in [6.07, 6.45) is 0. The summed E-state index contributed by atoms with van der Waals surface area (Å²) in [4.78, 5) is 1.24. The fourth-order valence-corrected chi connectivity index (χ4v) is 3.12. The summed E-state index contributed by atoms with van der Waals surface area (Å²) in [6, 6.07) is 18.6. The van der Waals surface area contributed by atoms with Crippen LogP contribution in [0.3, 0.4) is 0 Å². The Morgan fingerprint density at radius 3 is 2.41 bits per heavy atom. The van der Waals surface area contributed by atoms with Crippen molar-refractivity contribution in [3.63, 3.8) is 0 Å². The van der Waals surface area contributed by atoms with Gasteiger partial charge in [0.1, 0.15) is 0 Å². The van der Waals surface area contributed by atoms with Crippen LogP contribution in [0.1, 0.15) is 16.5 Å². The molecule has 0 spiro atoms. The van der Waals surface area contributed by atoms with E-state index in [9.17, 15) is 0 Å². The molecule has 1 heterocycles. The number of hydrogen-bond donors (Lipinski definition) is 1. The molecule has 2 N–H and O–H groups in total. The van der Waals surface area contributed by atoms with Crippen molar-refractivity contribution in [3.8, 4) is 0 Å². The molecule has 0 saturated heterocycles. The molecule has 2 heteroatoms. The van der Waals surface area contributed by atoms with Crippen molar-refractivity contribution in [1.29, 1.82) is 0 Å². The second-order valence-electron chi connectivity index (χ2n) is 4.08. The zero-order chi connectivity index (χ0) is 11.7. The molecule has 0 aliphatic carbocycles. The van der Waals surface area contributed by atoms with E-state index in [2.05, 4.69) is 41.8 Å². The normalized spacial score (nSPS) is 12.8. The first-order valence-corrected chi connectivity index (χ1v) is 6.51. The van der Waals surface area contributed by atoms with Crippen LogP contribution in [0, 0.1) is 0 Å². The molecule has 0 radical (unpaired) electrons. The van der Waals surface area contributed by atoms with Gasteiger partial charge in [-0.3, -0.25) is 0 Å². The molecule has 3 rings (SSSR count). The van der Waals surface area contributed by atoms with Crippen LogP contribution in [-0.2, 0) is 0 Å². The Morgan fingerprint density at radius 1 is 0.882 bits per heavy atom. The van der Waals surface area contributed by atoms with Gasteiger partial charge in [0.25, 0.3) is 0 Å². The van der Waals surface area contributed by atoms with Gasteiger partial charge in [0.2, 0.25) is 0 Å². The highest BCUT2D eigenvalue weighted by Crippen LogP contribution is 2.32. The molecule has 1 unspecified atom stereocenters. The van der Waals surface area contributed by atoms with E-state index in [1.54, 1.807) is 11.3 Å². The van der Waals surface area contributed by atoms with Gasteiger partial charge in [0.05, 0.1) is 6.04 Å². The van der Waals surface area contributed by atoms with Crippen LogP contribution in [0.5, 0.6) is 0 Å². The predicted octanol–water partition coefficient (Wildman–Crippen LogP) is 3.95. The summed E-state index contributed by atoms with van der Waals surface area (Å²) in [5.74, 6) is 0. The van der Waals surface area contributed by atoms with Crippen LogP contribution < -0.4 is 5.73 Å². The topological polar surface area (TPSA) is 26.0 Å². The van der Waals surface area contributed by atoms with E-state index in [1.165, 1.54) is 21.2 Å². The van der Waals surface area contributed by atoms with Gasteiger partial charge in [0.15, 0.2) is 0 Å². The third kappa shape index (κ3) is 1.86. The van der Waals surface area contributed by atoms with Crippen molar-refractivity contribution in [3.05, 3.63) is 70.4 Å². The lowest BCUT2D eigenvalue weighted by atomic mass is 10.0. The Balaban J connectivity index is 2.10. The van der Waals surface area contributed by atoms with Gasteiger partial charge >= 0.3 is 0 Å². The molecule has 1 nitrogen and oxygen atoms in total. The highest BCUT2D eigenvalue weighted by atomic mass is 32.1. The highest BCUT2D eigenvalue weighted by molar-refractivity contribution is 7.11. The van der Waals surface area contributed by atoms with Crippen molar-refractivity contribution in [2.24, 2.45) is 5.73 Å². The zero-order valence-electron chi connectivity index (χ0n) is 9.34. The quantitative estimate of drug-likeness (QED) is 0.720. The van der Waals surface area contributed by atoms with Crippen molar-refractivity contribution >= 4 is 22.1 Å². The van der Waals surface area contributed by atoms with Crippen molar-refractivity contribution in [2.75, 3.05) is 0 Å². The Labute approximate surface area is 105 Å². The number of thiophene rings is 1. The fourth-order valence-electron chi connectivity index (χ4n) is 2.07. The third-order valence-corrected chi connectivity index (χ3v) is 4.08. The van der Waals surface area contributed by atoms with Crippen molar-refractivity contribution < 1.29 is 0 Å². The van der Waals surface area contributed by atoms with Crippen molar-refractivity contribution in [2.45, 2.75) is 6.04 Å². The molecule has 0 fully saturated rings. The Morgan fingerprint density at radius 2 is 1.59 bits per heavy atom. The van der Waals surface area contributed by atoms with E-state index in [0.29, 0.717) is 0 Å². The average Bonchev–Trinajstić information content (AvgIpc) is 2.83. The molecule has 2 aromatic carbocycles. The molecule has 1 atom stereocenters. The SMILES string of the molecule is NC(c1ccccc1)c1scc2ccccc12. The van der Waals surface area contributed by atoms with Crippen LogP contribution in [-0.4, -0.2) is 0 Å². The van der Waals surface area contributed by atoms with E-state index in [1.807, 2.05) is 18.2 Å². The van der Waals surface area contributed by atoms with Crippen LogP contribution in [0.25, 0.3) is 10.8 Å². The lowest BCUT2D eigenvalue weighted by Gasteiger charge is -2.10. The summed E-state index contributed by atoms with van der Waals surface area (Å²) in [7, 11) is 0. The second kappa shape index (κ2) is 4.32. The fraction of sp³-hybridized carbons (Fsp3) is 0.0667. The average molecular weight is 239 g/mol. The molecule has 0 amide bonds. The van der Waals surface area contributed by atoms with Gasteiger partial charge in [-0.2, -0.15) is 0 Å². The van der Waals surface area contributed by atoms with Gasteiger partial charge < -0.3 is 5.73 Å². The first-order valence-electron chi connectivity index (χ1n) is 5.63. The van der Waals surface area contributed by atoms with Gasteiger partial charge in [-0.05, 0) is 21.7 Å². The summed E-state index contributed by atoms with van der Waals surface area (Å²) in [5, 5.41) is 4.72. The standard InChI is InChI=1S/C15H13NS/c16-14(11-6-2-1-3-7-11)15-13-9-5-4-8-12(13)10-17-15/h1-10,14H,16H2. The summed E-state index contributed by atoms with van der Waals surface area (Å²) in [5.41, 5.74) is 7.50. The molecule has 17 heavy (non-hydrogen) atoms. The van der Waals surface area contributed by atoms with E-state index in [-0.39, 0.29) is 6.04 Å². The summed E-state index contributed by atoms with van der Waals surface area (Å²) < 4.78 is 0. The molecule has 84 valence electrons. The highest BCUT2D eigenvalue weighted by Gasteiger charge is 2.13. The molecule has 3 aromatic rings. The van der Waals surface area contributed by atoms with Gasteiger partial charge in [-0.15, -0.1) is 11.3 Å². The Bertz CT molecular complexity index is 627. The van der Waals surface area contributed by atoms with Crippen LogP contribution >= 0.6 is 11.3 Å². The maximum absolute atomic E-state index is 6.34. The molecule has 0 bridgehead atoms. The van der Waals surface area contributed by atoms with Crippen LogP contribution in [0.15, 0.2) is 60.0 Å². The molecular formula is C15H13NS. The Hall–Kier alpha value is -1.64. The van der Waals surface area contributed by atoms with Gasteiger partial charge in [0, 0.05) is 4.88 Å². The van der Waals surface area contributed by atoms with Gasteiger partial charge in [-0.1, -0.05) is 54.6 Å². The minimum atomic E-state index is -0.0268. The maximum Gasteiger partial charge on any atom is 0.0652 e. The van der Waals surface area contributed by atoms with Crippen LogP contribution in [0.2, 0.25) is 0 Å².